The van der Waals surface area contributed by atoms with Gasteiger partial charge in [0.2, 0.25) is 17.7 Å². The van der Waals surface area contributed by atoms with E-state index in [9.17, 15) is 19.2 Å². The van der Waals surface area contributed by atoms with Crippen LogP contribution in [0.3, 0.4) is 0 Å². The van der Waals surface area contributed by atoms with Crippen LogP contribution in [0.4, 0.5) is 10.5 Å². The van der Waals surface area contributed by atoms with E-state index in [1.807, 2.05) is 29.2 Å². The third kappa shape index (κ3) is 6.54. The van der Waals surface area contributed by atoms with Gasteiger partial charge >= 0.3 is 6.03 Å². The Hall–Kier alpha value is -3.14. The Morgan fingerprint density at radius 2 is 1.54 bits per heavy atom. The van der Waals surface area contributed by atoms with Crippen LogP contribution < -0.4 is 10.6 Å². The molecular weight excluding hydrogens is 496 g/mol. The second kappa shape index (κ2) is 12.4. The number of hydrogen-bond donors (Lipinski definition) is 2. The molecule has 0 aliphatic carbocycles. The Labute approximate surface area is 231 Å². The van der Waals surface area contributed by atoms with Crippen LogP contribution in [0.1, 0.15) is 56.9 Å². The molecule has 1 aromatic carbocycles. The number of amides is 5. The first-order valence-electron chi connectivity index (χ1n) is 14.4. The topological polar surface area (TPSA) is 105 Å². The maximum atomic E-state index is 13.4. The summed E-state index contributed by atoms with van der Waals surface area (Å²) >= 11 is 0. The Balaban J connectivity index is 1.12. The SMILES string of the molecule is [CH]C(=O)N[C@@H](CC(=O)N1CCC(N2Cc3ccccc3NC2=O)CC1)C(=O)N1CCC(N2CCCCC2)CC1. The fourth-order valence-corrected chi connectivity index (χ4v) is 6.58. The van der Waals surface area contributed by atoms with Gasteiger partial charge < -0.3 is 30.2 Å². The number of nitrogens with one attached hydrogen (secondary N) is 2. The lowest BCUT2D eigenvalue weighted by molar-refractivity contribution is -0.142. The zero-order valence-electron chi connectivity index (χ0n) is 22.6. The molecule has 0 unspecified atom stereocenters. The van der Waals surface area contributed by atoms with Crippen LogP contribution >= 0.6 is 0 Å². The summed E-state index contributed by atoms with van der Waals surface area (Å²) in [4.78, 5) is 58.9. The van der Waals surface area contributed by atoms with Gasteiger partial charge in [0.25, 0.3) is 0 Å². The molecule has 39 heavy (non-hydrogen) atoms. The van der Waals surface area contributed by atoms with E-state index in [2.05, 4.69) is 15.5 Å². The van der Waals surface area contributed by atoms with E-state index < -0.39 is 11.9 Å². The molecule has 2 radical (unpaired) electrons. The van der Waals surface area contributed by atoms with Crippen molar-refractivity contribution in [2.45, 2.75) is 76.0 Å². The van der Waals surface area contributed by atoms with E-state index >= 15 is 0 Å². The Morgan fingerprint density at radius 3 is 2.23 bits per heavy atom. The standard InChI is InChI=1S/C29H40N6O4/c1-21(36)30-26(28(38)34-17-9-23(10-18-34)32-13-5-2-6-14-32)19-27(37)33-15-11-24(12-16-33)35-20-22-7-3-4-8-25(22)31-29(35)39/h1,3-4,7-8,23-24,26H,2,5-6,9-20H2,(H,30,36)(H,31,39)/t26-/m0/s1. The summed E-state index contributed by atoms with van der Waals surface area (Å²) in [6.45, 7) is 10.4. The van der Waals surface area contributed by atoms with Crippen LogP contribution in [-0.4, -0.2) is 101 Å². The molecule has 3 fully saturated rings. The van der Waals surface area contributed by atoms with Crippen molar-refractivity contribution in [3.8, 4) is 0 Å². The summed E-state index contributed by atoms with van der Waals surface area (Å²) < 4.78 is 0. The zero-order valence-corrected chi connectivity index (χ0v) is 22.6. The van der Waals surface area contributed by atoms with Gasteiger partial charge in [-0.15, -0.1) is 0 Å². The third-order valence-corrected chi connectivity index (χ3v) is 8.80. The highest BCUT2D eigenvalue weighted by atomic mass is 16.2. The highest BCUT2D eigenvalue weighted by Crippen LogP contribution is 2.28. The number of carbonyl (C=O) groups excluding carboxylic acids is 4. The third-order valence-electron chi connectivity index (χ3n) is 8.80. The van der Waals surface area contributed by atoms with E-state index in [1.165, 1.54) is 19.3 Å². The number of rotatable bonds is 6. The molecule has 0 saturated carbocycles. The number of piperidine rings is 3. The van der Waals surface area contributed by atoms with E-state index in [4.69, 9.17) is 6.92 Å². The molecule has 1 atom stereocenters. The van der Waals surface area contributed by atoms with E-state index in [0.29, 0.717) is 51.6 Å². The van der Waals surface area contributed by atoms with Gasteiger partial charge in [-0.3, -0.25) is 14.4 Å². The summed E-state index contributed by atoms with van der Waals surface area (Å²) in [7, 11) is 0. The lowest BCUT2D eigenvalue weighted by atomic mass is 9.98. The first kappa shape index (κ1) is 27.4. The van der Waals surface area contributed by atoms with Gasteiger partial charge in [0.15, 0.2) is 0 Å². The molecule has 4 aliphatic rings. The minimum absolute atomic E-state index is 0.0322. The molecular formula is C29H40N6O4. The number of para-hydroxylation sites is 1. The number of benzene rings is 1. The second-order valence-electron chi connectivity index (χ2n) is 11.2. The fourth-order valence-electron chi connectivity index (χ4n) is 6.58. The Morgan fingerprint density at radius 1 is 0.897 bits per heavy atom. The van der Waals surface area contributed by atoms with Crippen LogP contribution in [0.5, 0.6) is 0 Å². The summed E-state index contributed by atoms with van der Waals surface area (Å²) in [6, 6.07) is 7.23. The van der Waals surface area contributed by atoms with Crippen molar-refractivity contribution in [2.24, 2.45) is 0 Å². The van der Waals surface area contributed by atoms with Crippen molar-refractivity contribution < 1.29 is 19.2 Å². The maximum Gasteiger partial charge on any atom is 0.322 e. The van der Waals surface area contributed by atoms with E-state index in [-0.39, 0.29) is 30.3 Å². The van der Waals surface area contributed by atoms with E-state index in [1.54, 1.807) is 9.80 Å². The summed E-state index contributed by atoms with van der Waals surface area (Å²) in [6.07, 6.45) is 6.79. The van der Waals surface area contributed by atoms with Crippen molar-refractivity contribution in [1.82, 2.24) is 24.9 Å². The molecule has 3 saturated heterocycles. The Kier molecular flexibility index (Phi) is 8.69. The molecule has 4 heterocycles. The van der Waals surface area contributed by atoms with Gasteiger partial charge in [0.1, 0.15) is 6.04 Å². The molecule has 10 nitrogen and oxygen atoms in total. The largest absolute Gasteiger partial charge is 0.343 e. The number of likely N-dealkylation sites (tertiary alicyclic amines) is 3. The molecule has 0 bridgehead atoms. The van der Waals surface area contributed by atoms with Crippen molar-refractivity contribution in [1.29, 1.82) is 0 Å². The van der Waals surface area contributed by atoms with Crippen LogP contribution in [0, 0.1) is 6.92 Å². The second-order valence-corrected chi connectivity index (χ2v) is 11.2. The molecule has 210 valence electrons. The minimum Gasteiger partial charge on any atom is -0.343 e. The smallest absolute Gasteiger partial charge is 0.322 e. The predicted molar refractivity (Wildman–Crippen MR) is 146 cm³/mol. The summed E-state index contributed by atoms with van der Waals surface area (Å²) in [5, 5.41) is 5.49. The molecule has 0 spiro atoms. The highest BCUT2D eigenvalue weighted by Gasteiger charge is 2.36. The number of urea groups is 1. The number of hydrogen-bond acceptors (Lipinski definition) is 5. The summed E-state index contributed by atoms with van der Waals surface area (Å²) in [5.74, 6) is -1.23. The van der Waals surface area contributed by atoms with Crippen molar-refractivity contribution in [3.63, 3.8) is 0 Å². The predicted octanol–water partition coefficient (Wildman–Crippen LogP) is 2.09. The summed E-state index contributed by atoms with van der Waals surface area (Å²) in [5.41, 5.74) is 1.93. The van der Waals surface area contributed by atoms with Crippen LogP contribution in [-0.2, 0) is 20.9 Å². The molecule has 5 amide bonds. The number of nitrogens with zero attached hydrogens (tertiary/aromatic N) is 4. The van der Waals surface area contributed by atoms with Gasteiger partial charge in [-0.25, -0.2) is 4.79 Å². The van der Waals surface area contributed by atoms with Crippen molar-refractivity contribution >= 4 is 29.4 Å². The highest BCUT2D eigenvalue weighted by molar-refractivity contribution is 5.93. The van der Waals surface area contributed by atoms with Crippen LogP contribution in [0.25, 0.3) is 0 Å². The number of fused-ring (bicyclic) bond motifs is 1. The van der Waals surface area contributed by atoms with Crippen LogP contribution in [0.2, 0.25) is 0 Å². The molecule has 2 N–H and O–H groups in total. The minimum atomic E-state index is -0.969. The number of carbonyl (C=O) groups is 4. The average Bonchev–Trinajstić information content (AvgIpc) is 2.96. The average molecular weight is 537 g/mol. The van der Waals surface area contributed by atoms with Gasteiger partial charge in [0, 0.05) is 50.5 Å². The fraction of sp³-hybridized carbons (Fsp3) is 0.621. The molecule has 0 aromatic heterocycles. The monoisotopic (exact) mass is 536 g/mol. The first-order valence-corrected chi connectivity index (χ1v) is 14.4. The zero-order chi connectivity index (χ0) is 27.4. The lowest BCUT2D eigenvalue weighted by Gasteiger charge is -2.41. The Bertz CT molecular complexity index is 1060. The molecule has 10 heteroatoms. The molecule has 1 aromatic rings. The van der Waals surface area contributed by atoms with E-state index in [0.717, 1.165) is 37.2 Å². The molecule has 4 aliphatic heterocycles. The van der Waals surface area contributed by atoms with Crippen molar-refractivity contribution in [3.05, 3.63) is 36.8 Å². The molecule has 5 rings (SSSR count). The number of anilines is 1. The normalized spacial score (nSPS) is 22.2. The van der Waals surface area contributed by atoms with Gasteiger partial charge in [0.05, 0.1) is 13.3 Å². The quantitative estimate of drug-likeness (QED) is 0.579. The van der Waals surface area contributed by atoms with Crippen LogP contribution in [0.15, 0.2) is 24.3 Å². The van der Waals surface area contributed by atoms with Gasteiger partial charge in [-0.2, -0.15) is 0 Å². The maximum absolute atomic E-state index is 13.4. The lowest BCUT2D eigenvalue weighted by Crippen LogP contribution is -2.55. The first-order chi connectivity index (χ1) is 18.9. The van der Waals surface area contributed by atoms with Gasteiger partial charge in [-0.1, -0.05) is 24.6 Å². The van der Waals surface area contributed by atoms with Gasteiger partial charge in [-0.05, 0) is 63.2 Å². The van der Waals surface area contributed by atoms with Crippen molar-refractivity contribution in [2.75, 3.05) is 44.6 Å².